The Labute approximate surface area is 113 Å². The molecule has 0 bridgehead atoms. The fourth-order valence-electron chi connectivity index (χ4n) is 2.72. The van der Waals surface area contributed by atoms with Crippen molar-refractivity contribution >= 4 is 0 Å². The quantitative estimate of drug-likeness (QED) is 0.775. The third kappa shape index (κ3) is 4.13. The zero-order valence-corrected chi connectivity index (χ0v) is 12.7. The third-order valence-corrected chi connectivity index (χ3v) is 3.62. The van der Waals surface area contributed by atoms with Gasteiger partial charge in [0.05, 0.1) is 0 Å². The zero-order valence-electron chi connectivity index (χ0n) is 12.7. The Morgan fingerprint density at radius 3 is 2.11 bits per heavy atom. The second-order valence-corrected chi connectivity index (χ2v) is 6.22. The van der Waals surface area contributed by atoms with Gasteiger partial charge in [-0.25, -0.2) is 0 Å². The van der Waals surface area contributed by atoms with Crippen LogP contribution >= 0.6 is 0 Å². The molecular formula is C17H29N. The van der Waals surface area contributed by atoms with Gasteiger partial charge in [0.25, 0.3) is 0 Å². The predicted octanol–water partition coefficient (Wildman–Crippen LogP) is 4.59. The maximum absolute atomic E-state index is 3.76. The minimum absolute atomic E-state index is 0.283. The van der Waals surface area contributed by atoms with Gasteiger partial charge in [-0.2, -0.15) is 0 Å². The largest absolute Gasteiger partial charge is 0.313 e. The molecule has 0 aliphatic rings. The fourth-order valence-corrected chi connectivity index (χ4v) is 2.72. The lowest BCUT2D eigenvalue weighted by atomic mass is 9.75. The Balaban J connectivity index is 2.94. The van der Waals surface area contributed by atoms with E-state index in [0.717, 1.165) is 6.54 Å². The van der Waals surface area contributed by atoms with Gasteiger partial charge < -0.3 is 5.32 Å². The highest BCUT2D eigenvalue weighted by Crippen LogP contribution is 2.33. The standard InChI is InChI=1S/C17H29N/c1-6-13-18-16(17(3,4)5)15(7-2)14-11-9-8-10-12-14/h8-12,15-16,18H,6-7,13H2,1-5H3. The number of rotatable bonds is 6. The van der Waals surface area contributed by atoms with Gasteiger partial charge in [0.1, 0.15) is 0 Å². The minimum atomic E-state index is 0.283. The molecule has 1 nitrogen and oxygen atoms in total. The third-order valence-electron chi connectivity index (χ3n) is 3.62. The fraction of sp³-hybridized carbons (Fsp3) is 0.647. The Morgan fingerprint density at radius 2 is 1.67 bits per heavy atom. The Bertz CT molecular complexity index is 323. The van der Waals surface area contributed by atoms with Gasteiger partial charge in [0.15, 0.2) is 0 Å². The monoisotopic (exact) mass is 247 g/mol. The van der Waals surface area contributed by atoms with Gasteiger partial charge in [0, 0.05) is 6.04 Å². The van der Waals surface area contributed by atoms with Crippen molar-refractivity contribution in [2.75, 3.05) is 6.54 Å². The van der Waals surface area contributed by atoms with Crippen LogP contribution in [0.4, 0.5) is 0 Å². The molecular weight excluding hydrogens is 218 g/mol. The number of hydrogen-bond acceptors (Lipinski definition) is 1. The molecule has 0 saturated carbocycles. The van der Waals surface area contributed by atoms with E-state index in [0.29, 0.717) is 12.0 Å². The van der Waals surface area contributed by atoms with Crippen LogP contribution in [0.15, 0.2) is 30.3 Å². The van der Waals surface area contributed by atoms with E-state index in [1.165, 1.54) is 18.4 Å². The van der Waals surface area contributed by atoms with Crippen molar-refractivity contribution < 1.29 is 0 Å². The molecule has 0 heterocycles. The van der Waals surface area contributed by atoms with Gasteiger partial charge in [-0.1, -0.05) is 65.0 Å². The van der Waals surface area contributed by atoms with Gasteiger partial charge in [0.2, 0.25) is 0 Å². The van der Waals surface area contributed by atoms with Crippen molar-refractivity contribution in [3.63, 3.8) is 0 Å². The number of benzene rings is 1. The van der Waals surface area contributed by atoms with Crippen LogP contribution in [0.5, 0.6) is 0 Å². The summed E-state index contributed by atoms with van der Waals surface area (Å²) in [5.74, 6) is 0.595. The molecule has 0 aliphatic carbocycles. The van der Waals surface area contributed by atoms with E-state index >= 15 is 0 Å². The first kappa shape index (κ1) is 15.2. The van der Waals surface area contributed by atoms with Crippen molar-refractivity contribution in [2.45, 2.75) is 59.4 Å². The molecule has 2 atom stereocenters. The van der Waals surface area contributed by atoms with Crippen LogP contribution in [0, 0.1) is 5.41 Å². The number of hydrogen-bond donors (Lipinski definition) is 1. The second-order valence-electron chi connectivity index (χ2n) is 6.22. The average molecular weight is 247 g/mol. The van der Waals surface area contributed by atoms with E-state index < -0.39 is 0 Å². The summed E-state index contributed by atoms with van der Waals surface area (Å²) in [4.78, 5) is 0. The molecule has 0 amide bonds. The van der Waals surface area contributed by atoms with Crippen molar-refractivity contribution in [1.29, 1.82) is 0 Å². The first-order chi connectivity index (χ1) is 8.50. The van der Waals surface area contributed by atoms with Gasteiger partial charge >= 0.3 is 0 Å². The lowest BCUT2D eigenvalue weighted by Gasteiger charge is -2.38. The van der Waals surface area contributed by atoms with Gasteiger partial charge in [-0.05, 0) is 36.3 Å². The predicted molar refractivity (Wildman–Crippen MR) is 81.0 cm³/mol. The molecule has 0 spiro atoms. The summed E-state index contributed by atoms with van der Waals surface area (Å²) >= 11 is 0. The number of nitrogens with one attached hydrogen (secondary N) is 1. The molecule has 1 rings (SSSR count). The molecule has 0 fully saturated rings. The van der Waals surface area contributed by atoms with E-state index in [4.69, 9.17) is 0 Å². The molecule has 1 aromatic carbocycles. The maximum Gasteiger partial charge on any atom is 0.0184 e. The molecule has 1 heteroatoms. The van der Waals surface area contributed by atoms with Crippen LogP contribution in [-0.2, 0) is 0 Å². The van der Waals surface area contributed by atoms with Crippen molar-refractivity contribution in [3.05, 3.63) is 35.9 Å². The minimum Gasteiger partial charge on any atom is -0.313 e. The SMILES string of the molecule is CCCNC(C(CC)c1ccccc1)C(C)(C)C. The molecule has 1 aromatic rings. The van der Waals surface area contributed by atoms with E-state index in [1.807, 2.05) is 0 Å². The molecule has 18 heavy (non-hydrogen) atoms. The normalized spacial score (nSPS) is 15.4. The maximum atomic E-state index is 3.76. The van der Waals surface area contributed by atoms with Crippen molar-refractivity contribution in [3.8, 4) is 0 Å². The second kappa shape index (κ2) is 6.94. The Kier molecular flexibility index (Phi) is 5.87. The van der Waals surface area contributed by atoms with Crippen LogP contribution in [0.25, 0.3) is 0 Å². The smallest absolute Gasteiger partial charge is 0.0184 e. The van der Waals surface area contributed by atoms with E-state index in [9.17, 15) is 0 Å². The Hall–Kier alpha value is -0.820. The molecule has 102 valence electrons. The van der Waals surface area contributed by atoms with Crippen LogP contribution < -0.4 is 5.32 Å². The average Bonchev–Trinajstić information content (AvgIpc) is 2.34. The lowest BCUT2D eigenvalue weighted by molar-refractivity contribution is 0.228. The summed E-state index contributed by atoms with van der Waals surface area (Å²) in [6.45, 7) is 12.6. The summed E-state index contributed by atoms with van der Waals surface area (Å²) in [6.07, 6.45) is 2.38. The summed E-state index contributed by atoms with van der Waals surface area (Å²) in [5, 5.41) is 3.76. The topological polar surface area (TPSA) is 12.0 Å². The zero-order chi connectivity index (χ0) is 13.6. The molecule has 0 aliphatic heterocycles. The van der Waals surface area contributed by atoms with E-state index in [2.05, 4.69) is 70.3 Å². The molecule has 0 radical (unpaired) electrons. The van der Waals surface area contributed by atoms with Gasteiger partial charge in [-0.3, -0.25) is 0 Å². The van der Waals surface area contributed by atoms with Crippen molar-refractivity contribution in [1.82, 2.24) is 5.32 Å². The molecule has 2 unspecified atom stereocenters. The summed E-state index contributed by atoms with van der Waals surface area (Å²) in [6, 6.07) is 11.5. The van der Waals surface area contributed by atoms with Crippen LogP contribution in [-0.4, -0.2) is 12.6 Å². The highest BCUT2D eigenvalue weighted by molar-refractivity contribution is 5.22. The molecule has 0 aromatic heterocycles. The first-order valence-electron chi connectivity index (χ1n) is 7.29. The van der Waals surface area contributed by atoms with E-state index in [-0.39, 0.29) is 5.41 Å². The van der Waals surface area contributed by atoms with Crippen LogP contribution in [0.2, 0.25) is 0 Å². The van der Waals surface area contributed by atoms with Crippen molar-refractivity contribution in [2.24, 2.45) is 5.41 Å². The summed E-state index contributed by atoms with van der Waals surface area (Å²) < 4.78 is 0. The highest BCUT2D eigenvalue weighted by Gasteiger charge is 2.31. The van der Waals surface area contributed by atoms with Crippen LogP contribution in [0.3, 0.4) is 0 Å². The Morgan fingerprint density at radius 1 is 1.06 bits per heavy atom. The van der Waals surface area contributed by atoms with Gasteiger partial charge in [-0.15, -0.1) is 0 Å². The van der Waals surface area contributed by atoms with E-state index in [1.54, 1.807) is 0 Å². The molecule has 0 saturated heterocycles. The van der Waals surface area contributed by atoms with Crippen LogP contribution in [0.1, 0.15) is 58.9 Å². The molecule has 1 N–H and O–H groups in total. The summed E-state index contributed by atoms with van der Waals surface area (Å²) in [7, 11) is 0. The highest BCUT2D eigenvalue weighted by atomic mass is 14.9. The summed E-state index contributed by atoms with van der Waals surface area (Å²) in [5.41, 5.74) is 1.75. The first-order valence-corrected chi connectivity index (χ1v) is 7.29. The lowest BCUT2D eigenvalue weighted by Crippen LogP contribution is -2.45.